The highest BCUT2D eigenvalue weighted by atomic mass is 16.5. The van der Waals surface area contributed by atoms with Gasteiger partial charge in [0.05, 0.1) is 0 Å². The lowest BCUT2D eigenvalue weighted by Crippen LogP contribution is -2.05. The predicted octanol–water partition coefficient (Wildman–Crippen LogP) is 2.56. The molecule has 0 unspecified atom stereocenters. The highest BCUT2D eigenvalue weighted by molar-refractivity contribution is 5.90. The Hall–Kier alpha value is -2.30. The molecule has 1 aromatic carbocycles. The summed E-state index contributed by atoms with van der Waals surface area (Å²) in [4.78, 5) is 11.1. The summed E-state index contributed by atoms with van der Waals surface area (Å²) in [6, 6.07) is 7.73. The minimum atomic E-state index is -0.994. The molecule has 0 aliphatic rings. The fraction of sp³-hybridized carbons (Fsp3) is 0.286. The van der Waals surface area contributed by atoms with Crippen molar-refractivity contribution in [3.05, 3.63) is 46.8 Å². The number of rotatable bonds is 5. The van der Waals surface area contributed by atoms with Gasteiger partial charge in [0.25, 0.3) is 0 Å². The van der Waals surface area contributed by atoms with E-state index >= 15 is 0 Å². The van der Waals surface area contributed by atoms with E-state index in [-0.39, 0.29) is 12.2 Å². The number of aromatic carboxylic acids is 1. The van der Waals surface area contributed by atoms with Crippen molar-refractivity contribution in [2.24, 2.45) is 0 Å². The second kappa shape index (κ2) is 5.56. The molecule has 0 saturated heterocycles. The molecule has 0 bridgehead atoms. The first-order valence-electron chi connectivity index (χ1n) is 6.10. The smallest absolute Gasteiger partial charge is 0.339 e. The summed E-state index contributed by atoms with van der Waals surface area (Å²) in [5.41, 5.74) is 2.36. The van der Waals surface area contributed by atoms with Crippen molar-refractivity contribution in [3.63, 3.8) is 0 Å². The summed E-state index contributed by atoms with van der Waals surface area (Å²) in [5.74, 6) is -0.291. The van der Waals surface area contributed by atoms with E-state index in [1.54, 1.807) is 6.92 Å². The van der Waals surface area contributed by atoms with Crippen LogP contribution in [0.2, 0.25) is 0 Å². The number of aryl methyl sites for hydroxylation is 2. The topological polar surface area (TPSA) is 75.2 Å². The summed E-state index contributed by atoms with van der Waals surface area (Å²) >= 11 is 0. The van der Waals surface area contributed by atoms with Gasteiger partial charge in [0.15, 0.2) is 0 Å². The number of carbonyl (C=O) groups is 1. The van der Waals surface area contributed by atoms with Gasteiger partial charge in [-0.15, -0.1) is 0 Å². The van der Waals surface area contributed by atoms with Crippen LogP contribution in [-0.4, -0.2) is 21.3 Å². The number of benzene rings is 1. The molecule has 100 valence electrons. The molecule has 0 aliphatic carbocycles. The van der Waals surface area contributed by atoms with E-state index in [1.807, 2.05) is 24.3 Å². The first-order chi connectivity index (χ1) is 9.11. The molecule has 0 radical (unpaired) electrons. The largest absolute Gasteiger partial charge is 0.487 e. The van der Waals surface area contributed by atoms with Crippen molar-refractivity contribution in [2.75, 3.05) is 0 Å². The van der Waals surface area contributed by atoms with Crippen LogP contribution in [0.15, 0.2) is 24.3 Å². The Morgan fingerprint density at radius 2 is 2.05 bits per heavy atom. The number of nitrogens with one attached hydrogen (secondary N) is 1. The van der Waals surface area contributed by atoms with Crippen molar-refractivity contribution >= 4 is 5.97 Å². The zero-order valence-electron chi connectivity index (χ0n) is 10.9. The zero-order chi connectivity index (χ0) is 13.8. The Morgan fingerprint density at radius 1 is 1.37 bits per heavy atom. The van der Waals surface area contributed by atoms with Crippen LogP contribution >= 0.6 is 0 Å². The van der Waals surface area contributed by atoms with Gasteiger partial charge in [-0.2, -0.15) is 5.10 Å². The van der Waals surface area contributed by atoms with E-state index in [4.69, 9.17) is 9.84 Å². The fourth-order valence-electron chi connectivity index (χ4n) is 1.84. The Labute approximate surface area is 111 Å². The first-order valence-corrected chi connectivity index (χ1v) is 6.10. The maximum Gasteiger partial charge on any atom is 0.339 e. The van der Waals surface area contributed by atoms with E-state index in [2.05, 4.69) is 17.1 Å². The third kappa shape index (κ3) is 2.93. The van der Waals surface area contributed by atoms with Crippen LogP contribution in [0.1, 0.15) is 34.2 Å². The lowest BCUT2D eigenvalue weighted by molar-refractivity contribution is 0.0693. The minimum absolute atomic E-state index is 0.136. The molecule has 1 heterocycles. The van der Waals surface area contributed by atoms with Gasteiger partial charge < -0.3 is 9.84 Å². The molecule has 0 fully saturated rings. The van der Waals surface area contributed by atoms with Crippen molar-refractivity contribution in [2.45, 2.75) is 26.9 Å². The molecule has 2 rings (SSSR count). The van der Waals surface area contributed by atoms with Crippen LogP contribution < -0.4 is 4.74 Å². The third-order valence-corrected chi connectivity index (χ3v) is 2.94. The van der Waals surface area contributed by atoms with Gasteiger partial charge in [-0.3, -0.25) is 5.10 Å². The number of nitrogens with zero attached hydrogens (tertiary/aromatic N) is 1. The van der Waals surface area contributed by atoms with Gasteiger partial charge in [0.1, 0.15) is 23.6 Å². The van der Waals surface area contributed by atoms with Crippen LogP contribution in [-0.2, 0) is 13.0 Å². The van der Waals surface area contributed by atoms with E-state index < -0.39 is 5.97 Å². The molecule has 0 spiro atoms. The average molecular weight is 260 g/mol. The van der Waals surface area contributed by atoms with Crippen LogP contribution in [0.5, 0.6) is 5.75 Å². The van der Waals surface area contributed by atoms with Crippen LogP contribution in [0.4, 0.5) is 0 Å². The zero-order valence-corrected chi connectivity index (χ0v) is 10.9. The first kappa shape index (κ1) is 13.1. The van der Waals surface area contributed by atoms with Gasteiger partial charge in [-0.1, -0.05) is 19.1 Å². The highest BCUT2D eigenvalue weighted by Gasteiger charge is 2.17. The standard InChI is InChI=1S/C14H16N2O3/c1-3-10-4-6-11(7-5-10)19-8-12-13(14(17)18)9(2)15-16-12/h4-7H,3,8H2,1-2H3,(H,15,16)(H,17,18). The molecule has 19 heavy (non-hydrogen) atoms. The number of aromatic amines is 1. The normalized spacial score (nSPS) is 10.4. The molecular weight excluding hydrogens is 244 g/mol. The van der Waals surface area contributed by atoms with E-state index in [0.29, 0.717) is 17.1 Å². The van der Waals surface area contributed by atoms with Crippen molar-refractivity contribution in [1.82, 2.24) is 10.2 Å². The van der Waals surface area contributed by atoms with Crippen molar-refractivity contribution in [1.29, 1.82) is 0 Å². The van der Waals surface area contributed by atoms with Crippen LogP contribution in [0.3, 0.4) is 0 Å². The lowest BCUT2D eigenvalue weighted by atomic mass is 10.2. The number of aromatic nitrogens is 2. The number of hydrogen-bond donors (Lipinski definition) is 2. The molecule has 5 nitrogen and oxygen atoms in total. The van der Waals surface area contributed by atoms with Gasteiger partial charge >= 0.3 is 5.97 Å². The second-order valence-corrected chi connectivity index (χ2v) is 4.26. The average Bonchev–Trinajstić information content (AvgIpc) is 2.78. The van der Waals surface area contributed by atoms with Gasteiger partial charge in [0.2, 0.25) is 0 Å². The van der Waals surface area contributed by atoms with E-state index in [0.717, 1.165) is 6.42 Å². The maximum absolute atomic E-state index is 11.1. The highest BCUT2D eigenvalue weighted by Crippen LogP contribution is 2.16. The van der Waals surface area contributed by atoms with Crippen molar-refractivity contribution < 1.29 is 14.6 Å². The van der Waals surface area contributed by atoms with Gasteiger partial charge in [-0.25, -0.2) is 4.79 Å². The second-order valence-electron chi connectivity index (χ2n) is 4.26. The quantitative estimate of drug-likeness (QED) is 0.866. The number of carboxylic acids is 1. The molecule has 1 aromatic heterocycles. The molecule has 0 saturated carbocycles. The summed E-state index contributed by atoms with van der Waals surface area (Å²) < 4.78 is 5.55. The predicted molar refractivity (Wildman–Crippen MR) is 70.4 cm³/mol. The van der Waals surface area contributed by atoms with Crippen LogP contribution in [0.25, 0.3) is 0 Å². The lowest BCUT2D eigenvalue weighted by Gasteiger charge is -2.05. The molecule has 0 aliphatic heterocycles. The number of carboxylic acid groups (broad SMARTS) is 1. The Morgan fingerprint density at radius 3 is 2.63 bits per heavy atom. The number of hydrogen-bond acceptors (Lipinski definition) is 3. The van der Waals surface area contributed by atoms with E-state index in [9.17, 15) is 4.79 Å². The molecule has 2 aromatic rings. The Kier molecular flexibility index (Phi) is 3.85. The summed E-state index contributed by atoms with van der Waals surface area (Å²) in [6.07, 6.45) is 0.974. The number of H-pyrrole nitrogens is 1. The number of ether oxygens (including phenoxy) is 1. The van der Waals surface area contributed by atoms with Gasteiger partial charge in [-0.05, 0) is 31.0 Å². The maximum atomic E-state index is 11.1. The molecular formula is C14H16N2O3. The molecule has 2 N–H and O–H groups in total. The monoisotopic (exact) mass is 260 g/mol. The van der Waals surface area contributed by atoms with Gasteiger partial charge in [0, 0.05) is 5.69 Å². The summed E-state index contributed by atoms with van der Waals surface area (Å²) in [7, 11) is 0. The summed E-state index contributed by atoms with van der Waals surface area (Å²) in [6.45, 7) is 3.90. The Balaban J connectivity index is 2.08. The fourth-order valence-corrected chi connectivity index (χ4v) is 1.84. The summed E-state index contributed by atoms with van der Waals surface area (Å²) in [5, 5.41) is 15.7. The van der Waals surface area contributed by atoms with Crippen LogP contribution in [0, 0.1) is 6.92 Å². The Bertz CT molecular complexity index is 573. The van der Waals surface area contributed by atoms with Crippen molar-refractivity contribution in [3.8, 4) is 5.75 Å². The molecule has 0 atom stereocenters. The third-order valence-electron chi connectivity index (χ3n) is 2.94. The molecule has 0 amide bonds. The minimum Gasteiger partial charge on any atom is -0.487 e. The SMILES string of the molecule is CCc1ccc(OCc2n[nH]c(C)c2C(=O)O)cc1. The molecule has 5 heteroatoms. The van der Waals surface area contributed by atoms with E-state index in [1.165, 1.54) is 5.56 Å².